The minimum absolute atomic E-state index is 0.00788. The summed E-state index contributed by atoms with van der Waals surface area (Å²) in [7, 11) is 0. The van der Waals surface area contributed by atoms with Crippen LogP contribution in [-0.4, -0.2) is 65.8 Å². The number of aliphatic hydroxyl groups excluding tert-OH is 1. The molecule has 3 saturated heterocycles. The molecule has 4 aromatic rings. The van der Waals surface area contributed by atoms with Gasteiger partial charge in [0, 0.05) is 42.5 Å². The number of rotatable bonds is 11. The van der Waals surface area contributed by atoms with Gasteiger partial charge in [0.25, 0.3) is 0 Å². The zero-order chi connectivity index (χ0) is 33.4. The lowest BCUT2D eigenvalue weighted by Gasteiger charge is -2.39. The zero-order valence-corrected chi connectivity index (χ0v) is 27.9. The van der Waals surface area contributed by atoms with Crippen molar-refractivity contribution in [2.24, 2.45) is 0 Å². The van der Waals surface area contributed by atoms with Crippen LogP contribution in [0.4, 0.5) is 16.2 Å². The van der Waals surface area contributed by atoms with Crippen LogP contribution in [0.3, 0.4) is 0 Å². The maximum Gasteiger partial charge on any atom is 0.323 e. The Balaban J connectivity index is 0.985. The summed E-state index contributed by atoms with van der Waals surface area (Å²) in [5, 5.41) is 15.4. The van der Waals surface area contributed by atoms with E-state index in [0.29, 0.717) is 23.2 Å². The molecule has 3 fully saturated rings. The molecule has 0 radical (unpaired) electrons. The standard InChI is InChI=1S/C40H46N4O5/c45-28-29-10-12-30(13-11-29)38-25-37(27-44-24-6-7-34(44)26-43-22-4-5-23-43)48-39(49-38)31-14-16-32(17-15-31)41-40(46)42-33-18-20-36(21-19-33)47-35-8-2-1-3-9-35/h1-3,8-21,34,37-39,45H,4-7,22-28H2,(H2,41,42,46)/t34-,37-,38+,39+/m0/s1. The van der Waals surface area contributed by atoms with Gasteiger partial charge in [-0.2, -0.15) is 0 Å². The average Bonchev–Trinajstić information content (AvgIpc) is 3.82. The summed E-state index contributed by atoms with van der Waals surface area (Å²) in [6, 6.07) is 32.7. The van der Waals surface area contributed by atoms with Gasteiger partial charge in [-0.15, -0.1) is 0 Å². The molecule has 0 spiro atoms. The minimum Gasteiger partial charge on any atom is -0.457 e. The van der Waals surface area contributed by atoms with Crippen LogP contribution < -0.4 is 15.4 Å². The smallest absolute Gasteiger partial charge is 0.323 e. The maximum atomic E-state index is 12.8. The van der Waals surface area contributed by atoms with E-state index in [4.69, 9.17) is 14.2 Å². The molecule has 2 amide bonds. The molecule has 3 heterocycles. The molecule has 0 aromatic heterocycles. The normalized spacial score (nSPS) is 23.0. The van der Waals surface area contributed by atoms with Gasteiger partial charge in [-0.25, -0.2) is 4.79 Å². The van der Waals surface area contributed by atoms with E-state index in [0.717, 1.165) is 48.5 Å². The van der Waals surface area contributed by atoms with Crippen LogP contribution in [0.25, 0.3) is 0 Å². The van der Waals surface area contributed by atoms with Crippen molar-refractivity contribution in [1.82, 2.24) is 9.80 Å². The molecule has 256 valence electrons. The van der Waals surface area contributed by atoms with E-state index >= 15 is 0 Å². The molecule has 0 saturated carbocycles. The fourth-order valence-electron chi connectivity index (χ4n) is 7.15. The number of nitrogens with one attached hydrogen (secondary N) is 2. The van der Waals surface area contributed by atoms with Crippen molar-refractivity contribution in [2.45, 2.75) is 63.3 Å². The highest BCUT2D eigenvalue weighted by atomic mass is 16.7. The largest absolute Gasteiger partial charge is 0.457 e. The number of benzene rings is 4. The van der Waals surface area contributed by atoms with Gasteiger partial charge in [0.1, 0.15) is 11.5 Å². The van der Waals surface area contributed by atoms with E-state index in [-0.39, 0.29) is 24.8 Å². The lowest BCUT2D eigenvalue weighted by atomic mass is 9.99. The number of anilines is 2. The lowest BCUT2D eigenvalue weighted by Crippen LogP contribution is -2.45. The first-order valence-corrected chi connectivity index (χ1v) is 17.6. The summed E-state index contributed by atoms with van der Waals surface area (Å²) in [4.78, 5) is 18.1. The van der Waals surface area contributed by atoms with Crippen LogP contribution in [0.15, 0.2) is 103 Å². The Labute approximate surface area is 288 Å². The van der Waals surface area contributed by atoms with E-state index in [9.17, 15) is 9.90 Å². The molecule has 49 heavy (non-hydrogen) atoms. The molecular formula is C40H46N4O5. The topological polar surface area (TPSA) is 95.5 Å². The Morgan fingerprint density at radius 1 is 0.735 bits per heavy atom. The van der Waals surface area contributed by atoms with Crippen LogP contribution >= 0.6 is 0 Å². The third kappa shape index (κ3) is 8.86. The zero-order valence-electron chi connectivity index (χ0n) is 27.9. The van der Waals surface area contributed by atoms with Gasteiger partial charge in [0.15, 0.2) is 6.29 Å². The van der Waals surface area contributed by atoms with Crippen LogP contribution in [-0.2, 0) is 16.1 Å². The van der Waals surface area contributed by atoms with Crippen molar-refractivity contribution >= 4 is 17.4 Å². The van der Waals surface area contributed by atoms with Gasteiger partial charge in [-0.3, -0.25) is 4.90 Å². The quantitative estimate of drug-likeness (QED) is 0.151. The Hall–Kier alpha value is -4.25. The summed E-state index contributed by atoms with van der Waals surface area (Å²) in [5.74, 6) is 1.44. The van der Waals surface area contributed by atoms with E-state index in [1.807, 2.05) is 78.9 Å². The molecule has 0 bridgehead atoms. The first-order chi connectivity index (χ1) is 24.1. The molecule has 4 aromatic carbocycles. The Morgan fingerprint density at radius 2 is 1.39 bits per heavy atom. The minimum atomic E-state index is -0.541. The number of aliphatic hydroxyl groups is 1. The highest BCUT2D eigenvalue weighted by Crippen LogP contribution is 2.39. The second-order valence-electron chi connectivity index (χ2n) is 13.3. The molecule has 0 aliphatic carbocycles. The molecule has 3 aliphatic heterocycles. The Morgan fingerprint density at radius 3 is 2.08 bits per heavy atom. The highest BCUT2D eigenvalue weighted by molar-refractivity contribution is 5.99. The summed E-state index contributed by atoms with van der Waals surface area (Å²) in [6.07, 6.45) is 5.19. The molecule has 7 rings (SSSR count). The van der Waals surface area contributed by atoms with Gasteiger partial charge < -0.3 is 34.9 Å². The monoisotopic (exact) mass is 662 g/mol. The number of carbonyl (C=O) groups excluding carboxylic acids is 1. The van der Waals surface area contributed by atoms with Crippen molar-refractivity contribution in [2.75, 3.05) is 43.4 Å². The number of carbonyl (C=O) groups is 1. The number of likely N-dealkylation sites (tertiary alicyclic amines) is 2. The molecule has 9 heteroatoms. The number of hydrogen-bond donors (Lipinski definition) is 3. The summed E-state index contributed by atoms with van der Waals surface area (Å²) < 4.78 is 19.1. The summed E-state index contributed by atoms with van der Waals surface area (Å²) in [5.41, 5.74) is 4.18. The van der Waals surface area contributed by atoms with Gasteiger partial charge in [0.05, 0.1) is 18.8 Å². The van der Waals surface area contributed by atoms with Crippen LogP contribution in [0.2, 0.25) is 0 Å². The predicted molar refractivity (Wildman–Crippen MR) is 191 cm³/mol. The van der Waals surface area contributed by atoms with Crippen LogP contribution in [0, 0.1) is 0 Å². The molecule has 9 nitrogen and oxygen atoms in total. The van der Waals surface area contributed by atoms with Crippen molar-refractivity contribution in [1.29, 1.82) is 0 Å². The number of ether oxygens (including phenoxy) is 3. The van der Waals surface area contributed by atoms with Gasteiger partial charge in [-0.05, 0) is 105 Å². The summed E-state index contributed by atoms with van der Waals surface area (Å²) >= 11 is 0. The van der Waals surface area contributed by atoms with Crippen molar-refractivity contribution in [3.63, 3.8) is 0 Å². The Bertz CT molecular complexity index is 1630. The number of amides is 2. The van der Waals surface area contributed by atoms with E-state index in [1.54, 1.807) is 12.1 Å². The first-order valence-electron chi connectivity index (χ1n) is 17.6. The average molecular weight is 663 g/mol. The third-order valence-corrected chi connectivity index (χ3v) is 9.75. The third-order valence-electron chi connectivity index (χ3n) is 9.75. The van der Waals surface area contributed by atoms with Crippen LogP contribution in [0.1, 0.15) is 61.2 Å². The van der Waals surface area contributed by atoms with E-state index in [2.05, 4.69) is 32.6 Å². The lowest BCUT2D eigenvalue weighted by molar-refractivity contribution is -0.253. The van der Waals surface area contributed by atoms with Gasteiger partial charge in [0.2, 0.25) is 0 Å². The first kappa shape index (κ1) is 33.3. The van der Waals surface area contributed by atoms with Gasteiger partial charge in [-0.1, -0.05) is 54.6 Å². The SMILES string of the molecule is O=C(Nc1ccc(Oc2ccccc2)cc1)Nc1ccc([C@@H]2O[C@H](CN3CCC[C@H]3CN3CCCC3)C[C@H](c3ccc(CO)cc3)O2)cc1. The molecule has 3 N–H and O–H groups in total. The molecule has 0 unspecified atom stereocenters. The van der Waals surface area contributed by atoms with Crippen molar-refractivity contribution in [3.8, 4) is 11.5 Å². The fourth-order valence-corrected chi connectivity index (χ4v) is 7.15. The second-order valence-corrected chi connectivity index (χ2v) is 13.3. The maximum absolute atomic E-state index is 12.8. The summed E-state index contributed by atoms with van der Waals surface area (Å²) in [6.45, 7) is 5.58. The number of urea groups is 1. The Kier molecular flexibility index (Phi) is 10.8. The highest BCUT2D eigenvalue weighted by Gasteiger charge is 2.36. The van der Waals surface area contributed by atoms with Crippen molar-refractivity contribution in [3.05, 3.63) is 120 Å². The molecule has 4 atom stereocenters. The van der Waals surface area contributed by atoms with Crippen LogP contribution in [0.5, 0.6) is 11.5 Å². The van der Waals surface area contributed by atoms with Gasteiger partial charge >= 0.3 is 6.03 Å². The predicted octanol–water partition coefficient (Wildman–Crippen LogP) is 7.72. The molecule has 3 aliphatic rings. The second kappa shape index (κ2) is 16.0. The van der Waals surface area contributed by atoms with E-state index < -0.39 is 6.29 Å². The number of hydrogen-bond acceptors (Lipinski definition) is 7. The number of nitrogens with zero attached hydrogens (tertiary/aromatic N) is 2. The fraction of sp³-hybridized carbons (Fsp3) is 0.375. The molecular weight excluding hydrogens is 616 g/mol. The van der Waals surface area contributed by atoms with E-state index in [1.165, 1.54) is 38.8 Å². The number of para-hydroxylation sites is 1. The van der Waals surface area contributed by atoms with Crippen molar-refractivity contribution < 1.29 is 24.1 Å².